The van der Waals surface area contributed by atoms with Gasteiger partial charge in [0.1, 0.15) is 10.7 Å². The van der Waals surface area contributed by atoms with Crippen molar-refractivity contribution in [1.29, 1.82) is 0 Å². The van der Waals surface area contributed by atoms with Gasteiger partial charge in [-0.25, -0.2) is 5.43 Å². The van der Waals surface area contributed by atoms with Gasteiger partial charge in [-0.1, -0.05) is 27.8 Å². The first-order valence-corrected chi connectivity index (χ1v) is 3.34. The Balaban J connectivity index is 2.56. The van der Waals surface area contributed by atoms with Crippen LogP contribution < -0.4 is 10.9 Å². The van der Waals surface area contributed by atoms with Crippen LogP contribution in [0.2, 0.25) is 0 Å². The highest BCUT2D eigenvalue weighted by Crippen LogP contribution is 2.09. The molecule has 52 valence electrons. The SMILES string of the molecule is ClC1=CC(Cl)NN(Cl)N1. The summed E-state index contributed by atoms with van der Waals surface area (Å²) in [5, 5.41) is 0.406. The summed E-state index contributed by atoms with van der Waals surface area (Å²) < 4.78 is 1.07. The fraction of sp³-hybridized carbons (Fsp3) is 0.333. The zero-order chi connectivity index (χ0) is 6.85. The molecule has 1 unspecified atom stereocenters. The molecule has 0 amide bonds. The molecule has 1 heterocycles. The first-order chi connectivity index (χ1) is 4.18. The van der Waals surface area contributed by atoms with Crippen molar-refractivity contribution >= 4 is 35.0 Å². The summed E-state index contributed by atoms with van der Waals surface area (Å²) in [6, 6.07) is 0. The Labute approximate surface area is 67.6 Å². The van der Waals surface area contributed by atoms with Crippen LogP contribution in [0.4, 0.5) is 0 Å². The van der Waals surface area contributed by atoms with E-state index in [2.05, 4.69) is 10.9 Å². The molecule has 0 radical (unpaired) electrons. The van der Waals surface area contributed by atoms with Gasteiger partial charge in [0.25, 0.3) is 0 Å². The molecule has 2 N–H and O–H groups in total. The molecule has 6 heteroatoms. The average molecular weight is 188 g/mol. The second kappa shape index (κ2) is 2.94. The van der Waals surface area contributed by atoms with Crippen molar-refractivity contribution in [2.75, 3.05) is 0 Å². The summed E-state index contributed by atoms with van der Waals surface area (Å²) >= 11 is 16.5. The van der Waals surface area contributed by atoms with Crippen molar-refractivity contribution in [3.05, 3.63) is 11.2 Å². The molecular weight excluding hydrogens is 184 g/mol. The van der Waals surface area contributed by atoms with E-state index in [4.69, 9.17) is 35.0 Å². The Morgan fingerprint density at radius 1 is 1.67 bits per heavy atom. The van der Waals surface area contributed by atoms with E-state index in [-0.39, 0.29) is 5.50 Å². The van der Waals surface area contributed by atoms with Gasteiger partial charge in [-0.2, -0.15) is 0 Å². The Morgan fingerprint density at radius 2 is 2.33 bits per heavy atom. The molecule has 0 aromatic rings. The van der Waals surface area contributed by atoms with Gasteiger partial charge < -0.3 is 0 Å². The topological polar surface area (TPSA) is 27.3 Å². The van der Waals surface area contributed by atoms with E-state index in [1.165, 1.54) is 0 Å². The van der Waals surface area contributed by atoms with Crippen LogP contribution in [0.25, 0.3) is 0 Å². The number of rotatable bonds is 0. The molecule has 0 aromatic carbocycles. The quantitative estimate of drug-likeness (QED) is 0.339. The van der Waals surface area contributed by atoms with Gasteiger partial charge in [-0.3, -0.25) is 5.43 Å². The van der Waals surface area contributed by atoms with Gasteiger partial charge in [0.15, 0.2) is 0 Å². The normalized spacial score (nSPS) is 29.2. The zero-order valence-electron chi connectivity index (χ0n) is 4.24. The van der Waals surface area contributed by atoms with Crippen LogP contribution >= 0.6 is 35.0 Å². The van der Waals surface area contributed by atoms with E-state index in [0.717, 1.165) is 4.64 Å². The molecule has 1 atom stereocenters. The summed E-state index contributed by atoms with van der Waals surface area (Å²) in [6.07, 6.45) is 1.59. The van der Waals surface area contributed by atoms with Crippen LogP contribution in [0.3, 0.4) is 0 Å². The molecule has 9 heavy (non-hydrogen) atoms. The lowest BCUT2D eigenvalue weighted by molar-refractivity contribution is 0.268. The number of nitrogens with zero attached hydrogens (tertiary/aromatic N) is 1. The maximum atomic E-state index is 5.57. The molecule has 1 rings (SSSR count). The highest BCUT2D eigenvalue weighted by Gasteiger charge is 2.12. The van der Waals surface area contributed by atoms with Crippen LogP contribution in [-0.2, 0) is 0 Å². The Kier molecular flexibility index (Phi) is 2.43. The van der Waals surface area contributed by atoms with Crippen molar-refractivity contribution in [2.24, 2.45) is 0 Å². The number of halogens is 3. The monoisotopic (exact) mass is 187 g/mol. The van der Waals surface area contributed by atoms with Crippen LogP contribution in [0.5, 0.6) is 0 Å². The lowest BCUT2D eigenvalue weighted by Crippen LogP contribution is -2.46. The van der Waals surface area contributed by atoms with E-state index >= 15 is 0 Å². The minimum atomic E-state index is -0.351. The van der Waals surface area contributed by atoms with Crippen molar-refractivity contribution in [3.8, 4) is 0 Å². The van der Waals surface area contributed by atoms with E-state index in [1.807, 2.05) is 0 Å². The first kappa shape index (κ1) is 7.44. The van der Waals surface area contributed by atoms with E-state index in [9.17, 15) is 0 Å². The number of alkyl halides is 1. The van der Waals surface area contributed by atoms with Crippen LogP contribution in [0.1, 0.15) is 0 Å². The fourth-order valence-corrected chi connectivity index (χ4v) is 1.23. The van der Waals surface area contributed by atoms with Gasteiger partial charge in [-0.15, -0.1) is 0 Å². The van der Waals surface area contributed by atoms with Crippen LogP contribution in [0, 0.1) is 0 Å². The number of hydrogen-bond donors (Lipinski definition) is 2. The molecule has 0 saturated heterocycles. The van der Waals surface area contributed by atoms with Gasteiger partial charge >= 0.3 is 0 Å². The molecule has 0 bridgehead atoms. The van der Waals surface area contributed by atoms with Gasteiger partial charge in [0, 0.05) is 11.8 Å². The van der Waals surface area contributed by atoms with E-state index in [1.54, 1.807) is 6.08 Å². The number of hydrazine groups is 2. The van der Waals surface area contributed by atoms with Gasteiger partial charge in [0.2, 0.25) is 0 Å². The molecule has 1 aliphatic heterocycles. The third kappa shape index (κ3) is 2.20. The van der Waals surface area contributed by atoms with Crippen molar-refractivity contribution in [3.63, 3.8) is 0 Å². The number of hydrogen-bond acceptors (Lipinski definition) is 3. The first-order valence-electron chi connectivity index (χ1n) is 2.18. The van der Waals surface area contributed by atoms with Crippen molar-refractivity contribution < 1.29 is 0 Å². The molecule has 0 aliphatic carbocycles. The third-order valence-electron chi connectivity index (χ3n) is 0.734. The minimum absolute atomic E-state index is 0.351. The predicted molar refractivity (Wildman–Crippen MR) is 37.5 cm³/mol. The van der Waals surface area contributed by atoms with E-state index in [0.29, 0.717) is 5.16 Å². The van der Waals surface area contributed by atoms with Crippen LogP contribution in [-0.4, -0.2) is 10.1 Å². The third-order valence-corrected chi connectivity index (χ3v) is 1.35. The summed E-state index contributed by atoms with van der Waals surface area (Å²) in [5.41, 5.74) is 4.79. The summed E-state index contributed by atoms with van der Waals surface area (Å²) in [7, 11) is 0. The Bertz CT molecular complexity index is 136. The summed E-state index contributed by atoms with van der Waals surface area (Å²) in [5.74, 6) is 0. The Hall–Kier alpha value is 0.330. The minimum Gasteiger partial charge on any atom is -0.281 e. The van der Waals surface area contributed by atoms with Crippen LogP contribution in [0.15, 0.2) is 11.2 Å². The molecule has 0 aromatic heterocycles. The zero-order valence-corrected chi connectivity index (χ0v) is 6.50. The van der Waals surface area contributed by atoms with Crippen molar-refractivity contribution in [2.45, 2.75) is 5.50 Å². The molecular formula is C3H4Cl3N3. The van der Waals surface area contributed by atoms with E-state index < -0.39 is 0 Å². The second-order valence-electron chi connectivity index (χ2n) is 1.44. The fourth-order valence-electron chi connectivity index (χ4n) is 0.437. The second-order valence-corrected chi connectivity index (χ2v) is 2.65. The highest BCUT2D eigenvalue weighted by atomic mass is 35.5. The number of nitrogens with one attached hydrogen (secondary N) is 2. The lowest BCUT2D eigenvalue weighted by Gasteiger charge is -2.23. The molecule has 1 aliphatic rings. The maximum absolute atomic E-state index is 5.57. The largest absolute Gasteiger partial charge is 0.281 e. The summed E-state index contributed by atoms with van der Waals surface area (Å²) in [6.45, 7) is 0. The molecule has 0 fully saturated rings. The maximum Gasteiger partial charge on any atom is 0.120 e. The van der Waals surface area contributed by atoms with Crippen molar-refractivity contribution in [1.82, 2.24) is 15.5 Å². The molecule has 3 nitrogen and oxygen atoms in total. The van der Waals surface area contributed by atoms with Gasteiger partial charge in [0.05, 0.1) is 0 Å². The standard InChI is InChI=1S/C3H4Cl3N3/c4-2-1-3(5)8-9(6)7-2/h1-2,7-8H. The average Bonchev–Trinajstić information content (AvgIpc) is 1.59. The lowest BCUT2D eigenvalue weighted by atomic mass is 10.6. The molecule has 0 spiro atoms. The predicted octanol–water partition coefficient (Wildman–Crippen LogP) is 1.11. The Morgan fingerprint density at radius 3 is 2.78 bits per heavy atom. The molecule has 0 saturated carbocycles. The smallest absolute Gasteiger partial charge is 0.120 e. The highest BCUT2D eigenvalue weighted by molar-refractivity contribution is 6.31. The van der Waals surface area contributed by atoms with Gasteiger partial charge in [-0.05, 0) is 6.08 Å². The summed E-state index contributed by atoms with van der Waals surface area (Å²) in [4.78, 5) is 0.